The van der Waals surface area contributed by atoms with Crippen LogP contribution in [0.1, 0.15) is 37.5 Å². The second-order valence-electron chi connectivity index (χ2n) is 11.3. The standard InChI is InChI=1S/C36H40ClN3O5S/c1-5-45-32-19-17-31(18-20-32)40(46(43,44)33-21-11-27(4)12-22-33)25-35(41)39(24-29-13-15-30(37)16-14-29)34(36(42)38-26(2)3)23-28-9-7-6-8-10-28/h6-22,26,34H,5,23-25H2,1-4H3,(H,38,42)/t34-/m0/s1. The number of benzene rings is 4. The Labute approximate surface area is 277 Å². The van der Waals surface area contributed by atoms with Gasteiger partial charge in [0.05, 0.1) is 17.2 Å². The van der Waals surface area contributed by atoms with Gasteiger partial charge < -0.3 is 15.0 Å². The van der Waals surface area contributed by atoms with E-state index in [0.717, 1.165) is 21.0 Å². The Bertz CT molecular complexity index is 1700. The fourth-order valence-corrected chi connectivity index (χ4v) is 6.50. The smallest absolute Gasteiger partial charge is 0.264 e. The Morgan fingerprint density at radius 2 is 1.48 bits per heavy atom. The first-order valence-corrected chi connectivity index (χ1v) is 17.0. The maximum atomic E-state index is 14.5. The van der Waals surface area contributed by atoms with E-state index in [0.29, 0.717) is 17.4 Å². The molecule has 1 N–H and O–H groups in total. The van der Waals surface area contributed by atoms with Crippen LogP contribution >= 0.6 is 11.6 Å². The van der Waals surface area contributed by atoms with Crippen LogP contribution in [0.2, 0.25) is 5.02 Å². The van der Waals surface area contributed by atoms with Crippen molar-refractivity contribution in [3.63, 3.8) is 0 Å². The zero-order valence-corrected chi connectivity index (χ0v) is 28.1. The molecular formula is C36H40ClN3O5S. The Hall–Kier alpha value is -4.34. The maximum absolute atomic E-state index is 14.5. The zero-order chi connectivity index (χ0) is 33.3. The van der Waals surface area contributed by atoms with Gasteiger partial charge in [-0.25, -0.2) is 8.42 Å². The van der Waals surface area contributed by atoms with Crippen molar-refractivity contribution >= 4 is 39.1 Å². The zero-order valence-electron chi connectivity index (χ0n) is 26.5. The lowest BCUT2D eigenvalue weighted by Crippen LogP contribution is -2.54. The number of hydrogen-bond acceptors (Lipinski definition) is 5. The number of hydrogen-bond donors (Lipinski definition) is 1. The Balaban J connectivity index is 1.80. The molecule has 0 aliphatic rings. The van der Waals surface area contributed by atoms with Gasteiger partial charge in [-0.1, -0.05) is 71.8 Å². The van der Waals surface area contributed by atoms with Gasteiger partial charge >= 0.3 is 0 Å². The van der Waals surface area contributed by atoms with Crippen molar-refractivity contribution in [3.05, 3.63) is 125 Å². The number of anilines is 1. The van der Waals surface area contributed by atoms with E-state index < -0.39 is 28.5 Å². The van der Waals surface area contributed by atoms with Crippen LogP contribution in [-0.2, 0) is 32.6 Å². The van der Waals surface area contributed by atoms with Crippen LogP contribution in [0.25, 0.3) is 0 Å². The summed E-state index contributed by atoms with van der Waals surface area (Å²) in [5, 5.41) is 3.49. The number of sulfonamides is 1. The Kier molecular flexibility index (Phi) is 11.8. The van der Waals surface area contributed by atoms with E-state index in [4.69, 9.17) is 16.3 Å². The number of carbonyl (C=O) groups excluding carboxylic acids is 2. The van der Waals surface area contributed by atoms with Crippen LogP contribution in [0.15, 0.2) is 108 Å². The second kappa shape index (κ2) is 15.8. The first-order chi connectivity index (χ1) is 22.0. The van der Waals surface area contributed by atoms with Crippen molar-refractivity contribution in [1.82, 2.24) is 10.2 Å². The van der Waals surface area contributed by atoms with Gasteiger partial charge in [-0.05, 0) is 87.4 Å². The molecule has 8 nitrogen and oxygen atoms in total. The number of halogens is 1. The van der Waals surface area contributed by atoms with Crippen LogP contribution < -0.4 is 14.4 Å². The highest BCUT2D eigenvalue weighted by Gasteiger charge is 2.34. The van der Waals surface area contributed by atoms with Gasteiger partial charge in [0.15, 0.2) is 0 Å². The fourth-order valence-electron chi connectivity index (χ4n) is 4.96. The van der Waals surface area contributed by atoms with Crippen LogP contribution in [0.4, 0.5) is 5.69 Å². The highest BCUT2D eigenvalue weighted by atomic mass is 35.5. The molecule has 46 heavy (non-hydrogen) atoms. The van der Waals surface area contributed by atoms with Crippen molar-refractivity contribution < 1.29 is 22.7 Å². The van der Waals surface area contributed by atoms with Gasteiger partial charge in [0.25, 0.3) is 10.0 Å². The molecule has 0 saturated heterocycles. The first kappa shape index (κ1) is 34.5. The first-order valence-electron chi connectivity index (χ1n) is 15.2. The third-order valence-electron chi connectivity index (χ3n) is 7.29. The van der Waals surface area contributed by atoms with E-state index in [1.807, 2.05) is 58.0 Å². The molecule has 0 spiro atoms. The summed E-state index contributed by atoms with van der Waals surface area (Å²) in [7, 11) is -4.20. The van der Waals surface area contributed by atoms with E-state index >= 15 is 0 Å². The lowest BCUT2D eigenvalue weighted by Gasteiger charge is -2.34. The minimum Gasteiger partial charge on any atom is -0.494 e. The summed E-state index contributed by atoms with van der Waals surface area (Å²) >= 11 is 6.15. The van der Waals surface area contributed by atoms with E-state index in [1.54, 1.807) is 60.7 Å². The molecule has 2 amide bonds. The molecule has 0 unspecified atom stereocenters. The third kappa shape index (κ3) is 9.11. The Morgan fingerprint density at radius 1 is 0.848 bits per heavy atom. The fraction of sp³-hybridized carbons (Fsp3) is 0.278. The van der Waals surface area contributed by atoms with E-state index in [2.05, 4.69) is 5.32 Å². The molecular weight excluding hydrogens is 622 g/mol. The predicted octanol–water partition coefficient (Wildman–Crippen LogP) is 6.41. The molecule has 242 valence electrons. The van der Waals surface area contributed by atoms with Crippen molar-refractivity contribution in [2.75, 3.05) is 17.5 Å². The molecule has 0 aliphatic heterocycles. The van der Waals surface area contributed by atoms with Crippen molar-refractivity contribution in [3.8, 4) is 5.75 Å². The van der Waals surface area contributed by atoms with Gasteiger partial charge in [0.2, 0.25) is 11.8 Å². The van der Waals surface area contributed by atoms with Crippen molar-refractivity contribution in [1.29, 1.82) is 0 Å². The molecule has 0 bridgehead atoms. The molecule has 4 aromatic carbocycles. The quantitative estimate of drug-likeness (QED) is 0.169. The largest absolute Gasteiger partial charge is 0.494 e. The summed E-state index contributed by atoms with van der Waals surface area (Å²) in [6.07, 6.45) is 0.229. The lowest BCUT2D eigenvalue weighted by molar-refractivity contribution is -0.140. The second-order valence-corrected chi connectivity index (χ2v) is 13.6. The number of ether oxygens (including phenoxy) is 1. The molecule has 0 fully saturated rings. The number of nitrogens with zero attached hydrogens (tertiary/aromatic N) is 2. The Morgan fingerprint density at radius 3 is 2.07 bits per heavy atom. The summed E-state index contributed by atoms with van der Waals surface area (Å²) in [5.74, 6) is -0.308. The molecule has 0 saturated carbocycles. The van der Waals surface area contributed by atoms with Gasteiger partial charge in [-0.3, -0.25) is 13.9 Å². The number of rotatable bonds is 14. The SMILES string of the molecule is CCOc1ccc(N(CC(=O)N(Cc2ccc(Cl)cc2)[C@@H](Cc2ccccc2)C(=O)NC(C)C)S(=O)(=O)c2ccc(C)cc2)cc1. The van der Waals surface area contributed by atoms with Gasteiger partial charge in [-0.2, -0.15) is 0 Å². The summed E-state index contributed by atoms with van der Waals surface area (Å²) < 4.78 is 35.0. The van der Waals surface area contributed by atoms with Gasteiger partial charge in [0, 0.05) is 24.0 Å². The number of aryl methyl sites for hydroxylation is 1. The summed E-state index contributed by atoms with van der Waals surface area (Å²) in [6.45, 7) is 7.39. The minimum atomic E-state index is -4.20. The highest BCUT2D eigenvalue weighted by Crippen LogP contribution is 2.27. The summed E-state index contributed by atoms with van der Waals surface area (Å²) in [4.78, 5) is 29.8. The minimum absolute atomic E-state index is 0.0439. The lowest BCUT2D eigenvalue weighted by atomic mass is 10.0. The summed E-state index contributed by atoms with van der Waals surface area (Å²) in [6, 6.07) is 28.4. The molecule has 4 aromatic rings. The topological polar surface area (TPSA) is 96.0 Å². The molecule has 1 atom stereocenters. The highest BCUT2D eigenvalue weighted by molar-refractivity contribution is 7.92. The molecule has 0 radical (unpaired) electrons. The van der Waals surface area contributed by atoms with E-state index in [1.165, 1.54) is 17.0 Å². The predicted molar refractivity (Wildman–Crippen MR) is 183 cm³/mol. The number of nitrogens with one attached hydrogen (secondary N) is 1. The normalized spacial score (nSPS) is 12.0. The maximum Gasteiger partial charge on any atom is 0.264 e. The average molecular weight is 662 g/mol. The van der Waals surface area contributed by atoms with Gasteiger partial charge in [-0.15, -0.1) is 0 Å². The molecule has 0 aliphatic carbocycles. The monoisotopic (exact) mass is 661 g/mol. The van der Waals surface area contributed by atoms with Crippen LogP contribution in [-0.4, -0.2) is 50.4 Å². The molecule has 10 heteroatoms. The molecule has 0 heterocycles. The van der Waals surface area contributed by atoms with Crippen molar-refractivity contribution in [2.45, 2.75) is 57.6 Å². The van der Waals surface area contributed by atoms with E-state index in [9.17, 15) is 18.0 Å². The number of carbonyl (C=O) groups is 2. The van der Waals surface area contributed by atoms with Gasteiger partial charge in [0.1, 0.15) is 18.3 Å². The average Bonchev–Trinajstić information content (AvgIpc) is 3.03. The van der Waals surface area contributed by atoms with Crippen LogP contribution in [0.5, 0.6) is 5.75 Å². The van der Waals surface area contributed by atoms with Crippen LogP contribution in [0.3, 0.4) is 0 Å². The third-order valence-corrected chi connectivity index (χ3v) is 9.33. The number of amides is 2. The van der Waals surface area contributed by atoms with Crippen molar-refractivity contribution in [2.24, 2.45) is 0 Å². The summed E-state index contributed by atoms with van der Waals surface area (Å²) in [5.41, 5.74) is 2.78. The molecule has 0 aromatic heterocycles. The van der Waals surface area contributed by atoms with E-state index in [-0.39, 0.29) is 35.5 Å². The van der Waals surface area contributed by atoms with Crippen LogP contribution in [0, 0.1) is 6.92 Å². The molecule has 4 rings (SSSR count).